The van der Waals surface area contributed by atoms with Gasteiger partial charge in [-0.2, -0.15) is 0 Å². The zero-order valence-electron chi connectivity index (χ0n) is 18.9. The van der Waals surface area contributed by atoms with Crippen LogP contribution in [-0.4, -0.2) is 49.6 Å². The number of carbonyl (C=O) groups excluding carboxylic acids is 3. The van der Waals surface area contributed by atoms with Gasteiger partial charge in [0.05, 0.1) is 5.92 Å². The van der Waals surface area contributed by atoms with Crippen LogP contribution in [0.25, 0.3) is 0 Å². The Morgan fingerprint density at radius 2 is 1.88 bits per heavy atom. The first-order chi connectivity index (χ1) is 15.5. The second kappa shape index (κ2) is 9.79. The highest BCUT2D eigenvalue weighted by molar-refractivity contribution is 6.01. The van der Waals surface area contributed by atoms with Crippen molar-refractivity contribution >= 4 is 23.4 Å². The number of ether oxygens (including phenoxy) is 2. The lowest BCUT2D eigenvalue weighted by Crippen LogP contribution is -2.53. The van der Waals surface area contributed by atoms with Gasteiger partial charge in [0.2, 0.25) is 17.7 Å². The highest BCUT2D eigenvalue weighted by Gasteiger charge is 2.38. The first kappa shape index (κ1) is 22.4. The van der Waals surface area contributed by atoms with E-state index in [0.717, 1.165) is 32.1 Å². The molecule has 8 nitrogen and oxygen atoms in total. The molecular weight excluding hydrogens is 410 g/mol. The summed E-state index contributed by atoms with van der Waals surface area (Å²) in [5.41, 5.74) is 0.687. The molecule has 1 saturated heterocycles. The summed E-state index contributed by atoms with van der Waals surface area (Å²) in [5, 5.41) is 6.06. The molecule has 3 aliphatic rings. The van der Waals surface area contributed by atoms with E-state index in [9.17, 15) is 14.4 Å². The number of nitrogens with zero attached hydrogens (tertiary/aromatic N) is 1. The van der Waals surface area contributed by atoms with Gasteiger partial charge < -0.3 is 25.0 Å². The molecule has 0 unspecified atom stereocenters. The number of hydrogen-bond donors (Lipinski definition) is 2. The maximum absolute atomic E-state index is 13.1. The molecule has 1 aromatic rings. The summed E-state index contributed by atoms with van der Waals surface area (Å²) in [4.78, 5) is 40.3. The van der Waals surface area contributed by atoms with Crippen LogP contribution in [0.2, 0.25) is 0 Å². The lowest BCUT2D eigenvalue weighted by Gasteiger charge is -2.26. The Morgan fingerprint density at radius 1 is 1.16 bits per heavy atom. The standard InChI is InChI=1S/C24H33N3O5/c1-3-15(2)22(24(30)25-17-6-4-5-7-17)26-23(29)16-12-21(28)27(14-16)18-8-9-19-20(13-18)32-11-10-31-19/h8-9,13,15-17,22H,3-7,10-12,14H2,1-2H3,(H,25,30)(H,26,29)/t15-,16+,22+/m1/s1. The van der Waals surface area contributed by atoms with Crippen molar-refractivity contribution < 1.29 is 23.9 Å². The largest absolute Gasteiger partial charge is 0.486 e. The molecule has 2 fully saturated rings. The molecule has 2 N–H and O–H groups in total. The summed E-state index contributed by atoms with van der Waals surface area (Å²) in [6.45, 7) is 5.23. The van der Waals surface area contributed by atoms with Gasteiger partial charge in [-0.1, -0.05) is 33.1 Å². The molecule has 8 heteroatoms. The highest BCUT2D eigenvalue weighted by atomic mass is 16.6. The zero-order chi connectivity index (χ0) is 22.7. The Morgan fingerprint density at radius 3 is 2.59 bits per heavy atom. The van der Waals surface area contributed by atoms with Crippen molar-refractivity contribution in [1.29, 1.82) is 0 Å². The molecule has 1 saturated carbocycles. The fourth-order valence-electron chi connectivity index (χ4n) is 4.67. The fraction of sp³-hybridized carbons (Fsp3) is 0.625. The Balaban J connectivity index is 1.41. The number of benzene rings is 1. The van der Waals surface area contributed by atoms with E-state index in [0.29, 0.717) is 30.4 Å². The average molecular weight is 444 g/mol. The van der Waals surface area contributed by atoms with Crippen LogP contribution in [0.1, 0.15) is 52.4 Å². The number of rotatable bonds is 7. The van der Waals surface area contributed by atoms with Gasteiger partial charge in [0.15, 0.2) is 11.5 Å². The SMILES string of the molecule is CC[C@@H](C)[C@H](NC(=O)[C@H]1CC(=O)N(c2ccc3c(c2)OCCO3)C1)C(=O)NC1CCCC1. The van der Waals surface area contributed by atoms with Crippen molar-refractivity contribution in [1.82, 2.24) is 10.6 Å². The molecule has 32 heavy (non-hydrogen) atoms. The molecule has 2 heterocycles. The second-order valence-electron chi connectivity index (χ2n) is 9.10. The minimum Gasteiger partial charge on any atom is -0.486 e. The summed E-state index contributed by atoms with van der Waals surface area (Å²) < 4.78 is 11.2. The maximum Gasteiger partial charge on any atom is 0.243 e. The van der Waals surface area contributed by atoms with Crippen molar-refractivity contribution in [3.05, 3.63) is 18.2 Å². The Bertz CT molecular complexity index is 867. The van der Waals surface area contributed by atoms with Crippen LogP contribution in [0, 0.1) is 11.8 Å². The highest BCUT2D eigenvalue weighted by Crippen LogP contribution is 2.36. The first-order valence-corrected chi connectivity index (χ1v) is 11.8. The average Bonchev–Trinajstić information content (AvgIpc) is 3.46. The molecule has 174 valence electrons. The smallest absolute Gasteiger partial charge is 0.243 e. The molecule has 0 bridgehead atoms. The van der Waals surface area contributed by atoms with Crippen LogP contribution < -0.4 is 25.0 Å². The van der Waals surface area contributed by atoms with E-state index in [1.54, 1.807) is 17.0 Å². The summed E-state index contributed by atoms with van der Waals surface area (Å²) in [6, 6.07) is 4.99. The van der Waals surface area contributed by atoms with Gasteiger partial charge in [-0.15, -0.1) is 0 Å². The number of fused-ring (bicyclic) bond motifs is 1. The Kier molecular flexibility index (Phi) is 6.86. The minimum absolute atomic E-state index is 0.00588. The topological polar surface area (TPSA) is 97.0 Å². The van der Waals surface area contributed by atoms with Gasteiger partial charge in [0.1, 0.15) is 19.3 Å². The number of carbonyl (C=O) groups is 3. The third-order valence-corrected chi connectivity index (χ3v) is 6.83. The molecule has 0 radical (unpaired) electrons. The summed E-state index contributed by atoms with van der Waals surface area (Å²) >= 11 is 0. The normalized spacial score (nSPS) is 22.5. The number of nitrogens with one attached hydrogen (secondary N) is 2. The van der Waals surface area contributed by atoms with E-state index in [1.807, 2.05) is 19.9 Å². The lowest BCUT2D eigenvalue weighted by atomic mass is 9.96. The Hall–Kier alpha value is -2.77. The lowest BCUT2D eigenvalue weighted by molar-refractivity contribution is -0.132. The van der Waals surface area contributed by atoms with Gasteiger partial charge in [0.25, 0.3) is 0 Å². The van der Waals surface area contributed by atoms with Crippen LogP contribution in [-0.2, 0) is 14.4 Å². The van der Waals surface area contributed by atoms with Crippen LogP contribution in [0.3, 0.4) is 0 Å². The van der Waals surface area contributed by atoms with E-state index >= 15 is 0 Å². The van der Waals surface area contributed by atoms with E-state index in [4.69, 9.17) is 9.47 Å². The second-order valence-corrected chi connectivity index (χ2v) is 9.10. The number of amides is 3. The maximum atomic E-state index is 13.1. The predicted octanol–water partition coefficient (Wildman–Crippen LogP) is 2.40. The molecule has 1 aliphatic carbocycles. The van der Waals surface area contributed by atoms with Gasteiger partial charge in [-0.05, 0) is 30.9 Å². The Labute approximate surface area is 189 Å². The predicted molar refractivity (Wildman–Crippen MR) is 120 cm³/mol. The van der Waals surface area contributed by atoms with Crippen molar-refractivity contribution in [3.8, 4) is 11.5 Å². The van der Waals surface area contributed by atoms with E-state index in [1.165, 1.54) is 0 Å². The van der Waals surface area contributed by atoms with E-state index < -0.39 is 12.0 Å². The van der Waals surface area contributed by atoms with Crippen molar-refractivity contribution in [3.63, 3.8) is 0 Å². The molecule has 0 aromatic heterocycles. The monoisotopic (exact) mass is 443 g/mol. The number of hydrogen-bond acceptors (Lipinski definition) is 5. The van der Waals surface area contributed by atoms with Crippen LogP contribution >= 0.6 is 0 Å². The third-order valence-electron chi connectivity index (χ3n) is 6.83. The molecule has 0 spiro atoms. The van der Waals surface area contributed by atoms with Crippen molar-refractivity contribution in [2.75, 3.05) is 24.7 Å². The van der Waals surface area contributed by atoms with Gasteiger partial charge >= 0.3 is 0 Å². The van der Waals surface area contributed by atoms with Crippen LogP contribution in [0.5, 0.6) is 11.5 Å². The van der Waals surface area contributed by atoms with Gasteiger partial charge in [-0.25, -0.2) is 0 Å². The van der Waals surface area contributed by atoms with Crippen LogP contribution in [0.4, 0.5) is 5.69 Å². The van der Waals surface area contributed by atoms with Crippen molar-refractivity contribution in [2.24, 2.45) is 11.8 Å². The van der Waals surface area contributed by atoms with Gasteiger partial charge in [0, 0.05) is 30.8 Å². The summed E-state index contributed by atoms with van der Waals surface area (Å²) in [5.74, 6) is 0.295. The third kappa shape index (κ3) is 4.84. The molecule has 4 rings (SSSR count). The number of anilines is 1. The molecule has 2 aliphatic heterocycles. The molecular formula is C24H33N3O5. The van der Waals surface area contributed by atoms with Gasteiger partial charge in [-0.3, -0.25) is 14.4 Å². The zero-order valence-corrected chi connectivity index (χ0v) is 18.9. The molecule has 3 atom stereocenters. The quantitative estimate of drug-likeness (QED) is 0.675. The van der Waals surface area contributed by atoms with Crippen LogP contribution in [0.15, 0.2) is 18.2 Å². The fourth-order valence-corrected chi connectivity index (χ4v) is 4.67. The first-order valence-electron chi connectivity index (χ1n) is 11.8. The van der Waals surface area contributed by atoms with E-state index in [2.05, 4.69) is 10.6 Å². The minimum atomic E-state index is -0.591. The summed E-state index contributed by atoms with van der Waals surface area (Å²) in [6.07, 6.45) is 5.15. The molecule has 3 amide bonds. The van der Waals surface area contributed by atoms with Crippen molar-refractivity contribution in [2.45, 2.75) is 64.5 Å². The summed E-state index contributed by atoms with van der Waals surface area (Å²) in [7, 11) is 0. The molecule has 1 aromatic carbocycles. The van der Waals surface area contributed by atoms with E-state index in [-0.39, 0.29) is 42.6 Å².